The summed E-state index contributed by atoms with van der Waals surface area (Å²) in [6.07, 6.45) is 1.03. The number of fused-ring (bicyclic) bond motifs is 2. The standard InChI is InChI=1S/C30H39N3O7/c1-19-14-33(20(2)17-34)30(36)23-5-4-6-24(31-29(35)22-9-11-37-12-10-22)28(23)40-27(19)16-32(3)15-21-7-8-25-26(13-21)39-18-38-25/h4-8,13,19-20,22,27,34H,9-12,14-18H2,1-3H3,(H,31,35)/t19-,20+,27-/m1/s1. The van der Waals surface area contributed by atoms with E-state index in [1.165, 1.54) is 0 Å². The highest BCUT2D eigenvalue weighted by Gasteiger charge is 2.35. The van der Waals surface area contributed by atoms with Crippen LogP contribution in [-0.4, -0.2) is 85.6 Å². The van der Waals surface area contributed by atoms with Crippen molar-refractivity contribution in [3.8, 4) is 17.2 Å². The van der Waals surface area contributed by atoms with Crippen molar-refractivity contribution in [1.29, 1.82) is 0 Å². The van der Waals surface area contributed by atoms with Gasteiger partial charge in [-0.2, -0.15) is 0 Å². The Morgan fingerprint density at radius 1 is 1.18 bits per heavy atom. The third-order valence-corrected chi connectivity index (χ3v) is 7.92. The average molecular weight is 554 g/mol. The van der Waals surface area contributed by atoms with Crippen molar-refractivity contribution in [2.45, 2.75) is 45.4 Å². The van der Waals surface area contributed by atoms with Gasteiger partial charge in [0.1, 0.15) is 6.10 Å². The van der Waals surface area contributed by atoms with Gasteiger partial charge in [-0.1, -0.05) is 19.1 Å². The summed E-state index contributed by atoms with van der Waals surface area (Å²) in [6.45, 7) is 6.76. The quantitative estimate of drug-likeness (QED) is 0.513. The van der Waals surface area contributed by atoms with Crippen molar-refractivity contribution in [1.82, 2.24) is 9.80 Å². The van der Waals surface area contributed by atoms with Gasteiger partial charge in [0.2, 0.25) is 12.7 Å². The number of carbonyl (C=O) groups excluding carboxylic acids is 2. The van der Waals surface area contributed by atoms with Crippen LogP contribution in [0.5, 0.6) is 17.2 Å². The molecular formula is C30H39N3O7. The van der Waals surface area contributed by atoms with Gasteiger partial charge in [-0.3, -0.25) is 14.5 Å². The molecule has 2 aromatic rings. The predicted molar refractivity (Wildman–Crippen MR) is 149 cm³/mol. The predicted octanol–water partition coefficient (Wildman–Crippen LogP) is 3.13. The lowest BCUT2D eigenvalue weighted by atomic mass is 9.98. The van der Waals surface area contributed by atoms with Crippen molar-refractivity contribution in [3.63, 3.8) is 0 Å². The molecule has 2 aromatic carbocycles. The van der Waals surface area contributed by atoms with Crippen LogP contribution >= 0.6 is 0 Å². The van der Waals surface area contributed by atoms with E-state index in [1.807, 2.05) is 32.2 Å². The van der Waals surface area contributed by atoms with E-state index in [1.54, 1.807) is 23.1 Å². The number of nitrogens with zero attached hydrogens (tertiary/aromatic N) is 2. The van der Waals surface area contributed by atoms with E-state index in [2.05, 4.69) is 17.1 Å². The van der Waals surface area contributed by atoms with Gasteiger partial charge in [-0.15, -0.1) is 0 Å². The Balaban J connectivity index is 1.40. The van der Waals surface area contributed by atoms with Crippen LogP contribution < -0.4 is 19.5 Å². The number of aliphatic hydroxyl groups is 1. The van der Waals surface area contributed by atoms with Crippen molar-refractivity contribution in [2.24, 2.45) is 11.8 Å². The molecule has 3 heterocycles. The number of ether oxygens (including phenoxy) is 4. The maximum atomic E-state index is 13.7. The molecule has 1 fully saturated rings. The molecule has 40 heavy (non-hydrogen) atoms. The number of likely N-dealkylation sites (N-methyl/N-ethyl adjacent to an activating group) is 1. The molecule has 0 bridgehead atoms. The first kappa shape index (κ1) is 28.2. The third kappa shape index (κ3) is 6.19. The lowest BCUT2D eigenvalue weighted by Crippen LogP contribution is -2.49. The van der Waals surface area contributed by atoms with Crippen LogP contribution in [0.2, 0.25) is 0 Å². The number of rotatable bonds is 8. The Hall–Kier alpha value is -3.34. The van der Waals surface area contributed by atoms with E-state index in [0.717, 1.165) is 17.1 Å². The Kier molecular flexibility index (Phi) is 8.78. The molecule has 10 heteroatoms. The molecule has 1 saturated heterocycles. The minimum absolute atomic E-state index is 0.0513. The summed E-state index contributed by atoms with van der Waals surface area (Å²) in [4.78, 5) is 30.7. The minimum atomic E-state index is -0.367. The van der Waals surface area contributed by atoms with Crippen molar-refractivity contribution >= 4 is 17.5 Å². The molecule has 2 N–H and O–H groups in total. The van der Waals surface area contributed by atoms with Gasteiger partial charge in [-0.25, -0.2) is 0 Å². The topological polar surface area (TPSA) is 110 Å². The highest BCUT2D eigenvalue weighted by atomic mass is 16.7. The first-order valence-electron chi connectivity index (χ1n) is 14.0. The third-order valence-electron chi connectivity index (χ3n) is 7.92. The molecule has 3 aliphatic heterocycles. The van der Waals surface area contributed by atoms with E-state index in [-0.39, 0.29) is 49.2 Å². The normalized spacial score (nSPS) is 21.8. The molecule has 216 valence electrons. The zero-order chi connectivity index (χ0) is 28.2. The Morgan fingerprint density at radius 3 is 2.73 bits per heavy atom. The summed E-state index contributed by atoms with van der Waals surface area (Å²) in [7, 11) is 2.03. The maximum absolute atomic E-state index is 13.7. The average Bonchev–Trinajstić information content (AvgIpc) is 3.43. The molecule has 3 atom stereocenters. The first-order valence-corrected chi connectivity index (χ1v) is 14.0. The molecule has 0 unspecified atom stereocenters. The number of hydrogen-bond donors (Lipinski definition) is 2. The van der Waals surface area contributed by atoms with Crippen LogP contribution in [0.25, 0.3) is 0 Å². The number of nitrogens with one attached hydrogen (secondary N) is 1. The van der Waals surface area contributed by atoms with Crippen molar-refractivity contribution in [2.75, 3.05) is 52.1 Å². The van der Waals surface area contributed by atoms with Crippen LogP contribution in [0, 0.1) is 11.8 Å². The smallest absolute Gasteiger partial charge is 0.258 e. The van der Waals surface area contributed by atoms with E-state index in [4.69, 9.17) is 18.9 Å². The van der Waals surface area contributed by atoms with E-state index in [0.29, 0.717) is 62.7 Å². The number of anilines is 1. The zero-order valence-corrected chi connectivity index (χ0v) is 23.4. The van der Waals surface area contributed by atoms with Crippen LogP contribution in [0.3, 0.4) is 0 Å². The number of aliphatic hydroxyl groups excluding tert-OH is 1. The van der Waals surface area contributed by atoms with Gasteiger partial charge in [-0.05, 0) is 56.6 Å². The van der Waals surface area contributed by atoms with Crippen molar-refractivity contribution in [3.05, 3.63) is 47.5 Å². The van der Waals surface area contributed by atoms with E-state index >= 15 is 0 Å². The molecule has 3 aliphatic rings. The van der Waals surface area contributed by atoms with Crippen LogP contribution in [-0.2, 0) is 16.1 Å². The van der Waals surface area contributed by atoms with E-state index < -0.39 is 0 Å². The first-order chi connectivity index (χ1) is 19.3. The number of para-hydroxylation sites is 1. The van der Waals surface area contributed by atoms with Gasteiger partial charge in [0.25, 0.3) is 5.91 Å². The Labute approximate surface area is 235 Å². The van der Waals surface area contributed by atoms with Gasteiger partial charge in [0.15, 0.2) is 17.2 Å². The van der Waals surface area contributed by atoms with Crippen molar-refractivity contribution < 1.29 is 33.6 Å². The summed E-state index contributed by atoms with van der Waals surface area (Å²) in [5.41, 5.74) is 1.94. The summed E-state index contributed by atoms with van der Waals surface area (Å²) in [6, 6.07) is 10.8. The summed E-state index contributed by atoms with van der Waals surface area (Å²) in [5.74, 6) is 1.34. The molecule has 10 nitrogen and oxygen atoms in total. The minimum Gasteiger partial charge on any atom is -0.486 e. The van der Waals surface area contributed by atoms with Gasteiger partial charge >= 0.3 is 0 Å². The number of amides is 2. The molecule has 0 saturated carbocycles. The maximum Gasteiger partial charge on any atom is 0.258 e. The SMILES string of the molecule is C[C@@H]1CN([C@@H](C)CO)C(=O)c2cccc(NC(=O)C3CCOCC3)c2O[C@@H]1CN(C)Cc1ccc2c(c1)OCO2. The summed E-state index contributed by atoms with van der Waals surface area (Å²) >= 11 is 0. The Morgan fingerprint density at radius 2 is 1.95 bits per heavy atom. The fourth-order valence-electron chi connectivity index (χ4n) is 5.48. The number of carbonyl (C=O) groups is 2. The second-order valence-corrected chi connectivity index (χ2v) is 11.1. The van der Waals surface area contributed by atoms with Gasteiger partial charge in [0.05, 0.1) is 23.9 Å². The summed E-state index contributed by atoms with van der Waals surface area (Å²) in [5, 5.41) is 13.0. The van der Waals surface area contributed by atoms with Crippen LogP contribution in [0.4, 0.5) is 5.69 Å². The van der Waals surface area contributed by atoms with Gasteiger partial charge < -0.3 is 34.3 Å². The monoisotopic (exact) mass is 553 g/mol. The molecule has 0 aliphatic carbocycles. The highest BCUT2D eigenvalue weighted by Crippen LogP contribution is 2.36. The second kappa shape index (κ2) is 12.4. The lowest BCUT2D eigenvalue weighted by Gasteiger charge is -2.38. The van der Waals surface area contributed by atoms with Crippen LogP contribution in [0.1, 0.15) is 42.6 Å². The lowest BCUT2D eigenvalue weighted by molar-refractivity contribution is -0.122. The fourth-order valence-corrected chi connectivity index (χ4v) is 5.48. The fraction of sp³-hybridized carbons (Fsp3) is 0.533. The van der Waals surface area contributed by atoms with Gasteiger partial charge in [0, 0.05) is 44.7 Å². The highest BCUT2D eigenvalue weighted by molar-refractivity contribution is 6.02. The number of hydrogen-bond acceptors (Lipinski definition) is 8. The second-order valence-electron chi connectivity index (χ2n) is 11.1. The van der Waals surface area contributed by atoms with E-state index in [9.17, 15) is 14.7 Å². The molecule has 0 radical (unpaired) electrons. The Bertz CT molecular complexity index is 1220. The molecule has 2 amide bonds. The van der Waals surface area contributed by atoms with Crippen LogP contribution in [0.15, 0.2) is 36.4 Å². The summed E-state index contributed by atoms with van der Waals surface area (Å²) < 4.78 is 23.0. The molecule has 0 spiro atoms. The number of benzene rings is 2. The molecular weight excluding hydrogens is 514 g/mol. The molecule has 5 rings (SSSR count). The largest absolute Gasteiger partial charge is 0.486 e. The zero-order valence-electron chi connectivity index (χ0n) is 23.4. The molecule has 0 aromatic heterocycles.